The molecule has 0 aliphatic carbocycles. The van der Waals surface area contributed by atoms with Crippen LogP contribution in [-0.4, -0.2) is 28.5 Å². The van der Waals surface area contributed by atoms with E-state index in [4.69, 9.17) is 16.3 Å². The fraction of sp³-hybridized carbons (Fsp3) is 0.348. The first kappa shape index (κ1) is 19.4. The van der Waals surface area contributed by atoms with Gasteiger partial charge in [-0.25, -0.2) is 4.98 Å². The van der Waals surface area contributed by atoms with Crippen LogP contribution in [0.5, 0.6) is 0 Å². The van der Waals surface area contributed by atoms with Crippen LogP contribution in [0, 0.1) is 34.5 Å². The SMILES string of the molecule is N#Cc1cccc(C#CC2CC[C@@H]3CCCCN23)c1.N#Cc1cccnc1N. The van der Waals surface area contributed by atoms with Crippen LogP contribution < -0.4 is 5.73 Å². The molecule has 0 amide bonds. The molecule has 2 N–H and O–H groups in total. The summed E-state index contributed by atoms with van der Waals surface area (Å²) in [7, 11) is 0. The third kappa shape index (κ3) is 4.89. The van der Waals surface area contributed by atoms with Crippen LogP contribution in [0.2, 0.25) is 0 Å². The normalized spacial score (nSPS) is 20.4. The molecule has 1 unspecified atom stereocenters. The smallest absolute Gasteiger partial charge is 0.141 e. The van der Waals surface area contributed by atoms with Crippen molar-refractivity contribution in [2.24, 2.45) is 0 Å². The van der Waals surface area contributed by atoms with Crippen molar-refractivity contribution < 1.29 is 0 Å². The van der Waals surface area contributed by atoms with Crippen molar-refractivity contribution in [1.82, 2.24) is 9.88 Å². The van der Waals surface area contributed by atoms with Crippen molar-refractivity contribution in [3.05, 3.63) is 59.3 Å². The Bertz CT molecular complexity index is 957. The van der Waals surface area contributed by atoms with Crippen molar-refractivity contribution in [1.29, 1.82) is 10.5 Å². The number of anilines is 1. The maximum Gasteiger partial charge on any atom is 0.141 e. The minimum absolute atomic E-state index is 0.292. The summed E-state index contributed by atoms with van der Waals surface area (Å²) in [6.45, 7) is 1.21. The Balaban J connectivity index is 0.000000211. The number of nitriles is 2. The van der Waals surface area contributed by atoms with Crippen LogP contribution >= 0.6 is 0 Å². The van der Waals surface area contributed by atoms with Gasteiger partial charge in [0.1, 0.15) is 11.9 Å². The molecule has 1 aromatic heterocycles. The monoisotopic (exact) mass is 369 g/mol. The largest absolute Gasteiger partial charge is 0.383 e. The number of nitrogens with two attached hydrogens (primary N) is 1. The number of aromatic nitrogens is 1. The van der Waals surface area contributed by atoms with Crippen molar-refractivity contribution in [2.45, 2.75) is 44.2 Å². The summed E-state index contributed by atoms with van der Waals surface area (Å²) in [5.41, 5.74) is 7.37. The van der Waals surface area contributed by atoms with E-state index in [1.54, 1.807) is 18.3 Å². The summed E-state index contributed by atoms with van der Waals surface area (Å²) in [6.07, 6.45) is 8.11. The number of pyridine rings is 1. The van der Waals surface area contributed by atoms with E-state index in [2.05, 4.69) is 27.8 Å². The van der Waals surface area contributed by atoms with Gasteiger partial charge in [-0.2, -0.15) is 10.5 Å². The molecule has 2 saturated heterocycles. The lowest BCUT2D eigenvalue weighted by molar-refractivity contribution is 0.173. The summed E-state index contributed by atoms with van der Waals surface area (Å²) in [4.78, 5) is 6.29. The van der Waals surface area contributed by atoms with Crippen LogP contribution in [-0.2, 0) is 0 Å². The Morgan fingerprint density at radius 3 is 2.61 bits per heavy atom. The van der Waals surface area contributed by atoms with Crippen LogP contribution in [0.1, 0.15) is 48.8 Å². The van der Waals surface area contributed by atoms with Gasteiger partial charge in [-0.1, -0.05) is 24.3 Å². The number of hydrogen-bond donors (Lipinski definition) is 1. The number of piperidine rings is 1. The van der Waals surface area contributed by atoms with E-state index in [1.165, 1.54) is 38.6 Å². The topological polar surface area (TPSA) is 89.7 Å². The Labute approximate surface area is 166 Å². The molecule has 3 heterocycles. The van der Waals surface area contributed by atoms with Gasteiger partial charge in [0.25, 0.3) is 0 Å². The Morgan fingerprint density at radius 2 is 1.86 bits per heavy atom. The average molecular weight is 369 g/mol. The van der Waals surface area contributed by atoms with Crippen LogP contribution in [0.4, 0.5) is 5.82 Å². The van der Waals surface area contributed by atoms with E-state index >= 15 is 0 Å². The Kier molecular flexibility index (Phi) is 6.64. The highest BCUT2D eigenvalue weighted by Gasteiger charge is 2.33. The molecule has 0 saturated carbocycles. The molecule has 4 rings (SSSR count). The zero-order valence-corrected chi connectivity index (χ0v) is 15.8. The third-order valence-electron chi connectivity index (χ3n) is 5.18. The summed E-state index contributed by atoms with van der Waals surface area (Å²) < 4.78 is 0. The molecule has 2 aliphatic heterocycles. The molecule has 140 valence electrons. The third-order valence-corrected chi connectivity index (χ3v) is 5.18. The van der Waals surface area contributed by atoms with Gasteiger partial charge in [-0.05, 0) is 62.6 Å². The highest BCUT2D eigenvalue weighted by Crippen LogP contribution is 2.31. The quantitative estimate of drug-likeness (QED) is 0.718. The lowest BCUT2D eigenvalue weighted by Gasteiger charge is -2.31. The number of nitrogen functional groups attached to an aromatic ring is 1. The van der Waals surface area contributed by atoms with Crippen molar-refractivity contribution in [3.63, 3.8) is 0 Å². The predicted molar refractivity (Wildman–Crippen MR) is 109 cm³/mol. The summed E-state index contributed by atoms with van der Waals surface area (Å²) in [6, 6.07) is 16.2. The Morgan fingerprint density at radius 1 is 1.00 bits per heavy atom. The predicted octanol–water partition coefficient (Wildman–Crippen LogP) is 3.46. The van der Waals surface area contributed by atoms with E-state index in [0.29, 0.717) is 23.0 Å². The highest BCUT2D eigenvalue weighted by atomic mass is 15.2. The summed E-state index contributed by atoms with van der Waals surface area (Å²) >= 11 is 0. The van der Waals surface area contributed by atoms with E-state index in [-0.39, 0.29) is 0 Å². The van der Waals surface area contributed by atoms with Gasteiger partial charge in [0.05, 0.1) is 23.2 Å². The molecule has 5 nitrogen and oxygen atoms in total. The maximum atomic E-state index is 8.89. The van der Waals surface area contributed by atoms with Crippen molar-refractivity contribution in [2.75, 3.05) is 12.3 Å². The first-order valence-electron chi connectivity index (χ1n) is 9.59. The van der Waals surface area contributed by atoms with Crippen LogP contribution in [0.15, 0.2) is 42.6 Å². The van der Waals surface area contributed by atoms with Gasteiger partial charge in [-0.15, -0.1) is 0 Å². The van der Waals surface area contributed by atoms with Crippen molar-refractivity contribution in [3.8, 4) is 24.0 Å². The molecule has 1 aromatic carbocycles. The van der Waals surface area contributed by atoms with Gasteiger partial charge >= 0.3 is 0 Å². The summed E-state index contributed by atoms with van der Waals surface area (Å²) in [5, 5.41) is 17.2. The lowest BCUT2D eigenvalue weighted by atomic mass is 10.0. The van der Waals surface area contributed by atoms with Gasteiger partial charge in [-0.3, -0.25) is 4.90 Å². The fourth-order valence-electron chi connectivity index (χ4n) is 3.76. The zero-order valence-electron chi connectivity index (χ0n) is 15.8. The number of nitrogens with zero attached hydrogens (tertiary/aromatic N) is 4. The first-order chi connectivity index (χ1) is 13.7. The van der Waals surface area contributed by atoms with E-state index < -0.39 is 0 Å². The molecule has 0 spiro atoms. The average Bonchev–Trinajstić information content (AvgIpc) is 3.16. The molecule has 2 aliphatic rings. The van der Waals surface area contributed by atoms with E-state index in [1.807, 2.05) is 30.3 Å². The second-order valence-electron chi connectivity index (χ2n) is 6.99. The first-order valence-corrected chi connectivity index (χ1v) is 9.59. The van der Waals surface area contributed by atoms with E-state index in [9.17, 15) is 0 Å². The van der Waals surface area contributed by atoms with Crippen LogP contribution in [0.3, 0.4) is 0 Å². The number of benzene rings is 1. The van der Waals surface area contributed by atoms with Crippen LogP contribution in [0.25, 0.3) is 0 Å². The molecule has 28 heavy (non-hydrogen) atoms. The molecule has 0 radical (unpaired) electrons. The maximum absolute atomic E-state index is 8.89. The van der Waals surface area contributed by atoms with Gasteiger partial charge in [0.15, 0.2) is 0 Å². The molecule has 0 bridgehead atoms. The molecular weight excluding hydrogens is 346 g/mol. The van der Waals surface area contributed by atoms with Gasteiger partial charge < -0.3 is 5.73 Å². The van der Waals surface area contributed by atoms with Gasteiger partial charge in [0.2, 0.25) is 0 Å². The summed E-state index contributed by atoms with van der Waals surface area (Å²) in [5.74, 6) is 6.96. The molecule has 2 aromatic rings. The fourth-order valence-corrected chi connectivity index (χ4v) is 3.76. The standard InChI is InChI=1S/C17H18N2.C6H5N3/c18-13-15-5-3-4-14(12-15)7-8-17-10-9-16-6-1-2-11-19(16)17;7-4-5-2-1-3-9-6(5)8/h3-5,12,16-17H,1-2,6,9-11H2;1-3H,(H2,8,9)/t16-,17?;/m0./s1. The van der Waals surface area contributed by atoms with Gasteiger partial charge in [0, 0.05) is 17.8 Å². The second kappa shape index (κ2) is 9.56. The number of rotatable bonds is 0. The second-order valence-corrected chi connectivity index (χ2v) is 6.99. The van der Waals surface area contributed by atoms with E-state index in [0.717, 1.165) is 11.6 Å². The molecular formula is C23H23N5. The minimum atomic E-state index is 0.292. The molecule has 2 atom stereocenters. The number of fused-ring (bicyclic) bond motifs is 1. The molecule has 5 heteroatoms. The Hall–Kier alpha value is -3.33. The van der Waals surface area contributed by atoms with Crippen molar-refractivity contribution >= 4 is 5.82 Å². The highest BCUT2D eigenvalue weighted by molar-refractivity contribution is 5.47. The zero-order chi connectivity index (χ0) is 19.8. The lowest BCUT2D eigenvalue weighted by Crippen LogP contribution is -2.39. The minimum Gasteiger partial charge on any atom is -0.383 e. The molecule has 2 fully saturated rings. The number of hydrogen-bond acceptors (Lipinski definition) is 5.